The average Bonchev–Trinajstić information content (AvgIpc) is 3.51. The summed E-state index contributed by atoms with van der Waals surface area (Å²) in [5.74, 6) is 0.588. The molecule has 4 heterocycles. The van der Waals surface area contributed by atoms with Gasteiger partial charge in [-0.3, -0.25) is 19.4 Å². The smallest absolute Gasteiger partial charge is 0.284 e. The van der Waals surface area contributed by atoms with Gasteiger partial charge in [-0.2, -0.15) is 5.10 Å². The van der Waals surface area contributed by atoms with Crippen molar-refractivity contribution in [2.45, 2.75) is 25.8 Å². The first-order valence-corrected chi connectivity index (χ1v) is 13.3. The molecule has 204 valence electrons. The van der Waals surface area contributed by atoms with E-state index < -0.39 is 11.5 Å². The van der Waals surface area contributed by atoms with Gasteiger partial charge in [-0.15, -0.1) is 0 Å². The predicted octanol–water partition coefficient (Wildman–Crippen LogP) is 3.45. The predicted molar refractivity (Wildman–Crippen MR) is 155 cm³/mol. The van der Waals surface area contributed by atoms with Crippen molar-refractivity contribution in [3.05, 3.63) is 81.5 Å². The Morgan fingerprint density at radius 3 is 2.70 bits per heavy atom. The second kappa shape index (κ2) is 10.2. The molecular formula is C28H28ClN9O2. The van der Waals surface area contributed by atoms with E-state index in [4.69, 9.17) is 22.3 Å². The molecule has 12 heteroatoms. The molecule has 0 saturated carbocycles. The van der Waals surface area contributed by atoms with E-state index in [1.165, 1.54) is 4.68 Å². The van der Waals surface area contributed by atoms with Crippen molar-refractivity contribution >= 4 is 40.0 Å². The monoisotopic (exact) mass is 557 g/mol. The molecule has 0 bridgehead atoms. The minimum absolute atomic E-state index is 0.0996. The van der Waals surface area contributed by atoms with Crippen LogP contribution in [-0.4, -0.2) is 54.6 Å². The van der Waals surface area contributed by atoms with E-state index in [1.54, 1.807) is 55.3 Å². The number of piperidine rings is 1. The van der Waals surface area contributed by atoms with Crippen LogP contribution in [0.3, 0.4) is 0 Å². The first kappa shape index (κ1) is 25.6. The van der Waals surface area contributed by atoms with Crippen LogP contribution < -0.4 is 21.5 Å². The van der Waals surface area contributed by atoms with Crippen LogP contribution in [0.25, 0.3) is 27.8 Å². The summed E-state index contributed by atoms with van der Waals surface area (Å²) >= 11 is 6.34. The molecule has 5 aromatic rings. The molecule has 1 saturated heterocycles. The molecule has 0 spiro atoms. The van der Waals surface area contributed by atoms with Gasteiger partial charge < -0.3 is 16.0 Å². The third-order valence-electron chi connectivity index (χ3n) is 7.51. The minimum atomic E-state index is -0.406. The summed E-state index contributed by atoms with van der Waals surface area (Å²) in [6, 6.07) is 12.9. The highest BCUT2D eigenvalue weighted by Gasteiger charge is 2.28. The Morgan fingerprint density at radius 1 is 1.15 bits per heavy atom. The standard InChI is InChI=1S/C28H28ClN9O2/c1-16-24(28(40)38(36(16)2)23-6-4-3-5-20(23)29)27(39)33-19-9-11-37(12-10-19)26-25(30)31-15-22(34-26)17-7-8-21-18(13-17)14-32-35-21/h3-8,13-15,19H,9-12H2,1-2H3,(H2,30,31)(H,32,35)(H,33,39). The third-order valence-corrected chi connectivity index (χ3v) is 7.83. The Hall–Kier alpha value is -4.64. The molecule has 2 aromatic carbocycles. The van der Waals surface area contributed by atoms with Crippen molar-refractivity contribution in [3.63, 3.8) is 0 Å². The van der Waals surface area contributed by atoms with E-state index >= 15 is 0 Å². The van der Waals surface area contributed by atoms with Gasteiger partial charge >= 0.3 is 0 Å². The minimum Gasteiger partial charge on any atom is -0.381 e. The molecule has 1 fully saturated rings. The van der Waals surface area contributed by atoms with Crippen molar-refractivity contribution in [1.29, 1.82) is 0 Å². The summed E-state index contributed by atoms with van der Waals surface area (Å²) in [5.41, 5.74) is 9.61. The van der Waals surface area contributed by atoms with Gasteiger partial charge in [-0.05, 0) is 44.0 Å². The van der Waals surface area contributed by atoms with Gasteiger partial charge in [-0.1, -0.05) is 29.8 Å². The fraction of sp³-hybridized carbons (Fsp3) is 0.250. The number of halogens is 1. The number of hydrogen-bond acceptors (Lipinski definition) is 7. The molecule has 11 nitrogen and oxygen atoms in total. The quantitative estimate of drug-likeness (QED) is 0.301. The van der Waals surface area contributed by atoms with Crippen LogP contribution in [-0.2, 0) is 7.05 Å². The Morgan fingerprint density at radius 2 is 1.93 bits per heavy atom. The number of nitrogens with one attached hydrogen (secondary N) is 2. The first-order valence-electron chi connectivity index (χ1n) is 13.0. The zero-order valence-electron chi connectivity index (χ0n) is 22.1. The van der Waals surface area contributed by atoms with Gasteiger partial charge in [0.1, 0.15) is 5.56 Å². The number of benzene rings is 2. The van der Waals surface area contributed by atoms with Gasteiger partial charge in [0.25, 0.3) is 11.5 Å². The Labute approximate surface area is 234 Å². The van der Waals surface area contributed by atoms with Gasteiger partial charge in [0.05, 0.1) is 40.0 Å². The average molecular weight is 558 g/mol. The molecule has 6 rings (SSSR count). The topological polar surface area (TPSA) is 140 Å². The summed E-state index contributed by atoms with van der Waals surface area (Å²) in [7, 11) is 1.74. The number of nitrogen functional groups attached to an aromatic ring is 1. The number of amides is 1. The molecule has 0 unspecified atom stereocenters. The highest BCUT2D eigenvalue weighted by molar-refractivity contribution is 6.32. The van der Waals surface area contributed by atoms with Gasteiger partial charge in [0, 0.05) is 37.1 Å². The van der Waals surface area contributed by atoms with E-state index in [1.807, 2.05) is 18.2 Å². The van der Waals surface area contributed by atoms with E-state index in [0.29, 0.717) is 54.0 Å². The lowest BCUT2D eigenvalue weighted by Crippen LogP contribution is -2.46. The number of aromatic amines is 1. The molecule has 0 aliphatic carbocycles. The number of H-pyrrole nitrogens is 1. The fourth-order valence-corrected chi connectivity index (χ4v) is 5.44. The molecule has 0 atom stereocenters. The van der Waals surface area contributed by atoms with Crippen LogP contribution in [0, 0.1) is 6.92 Å². The molecular weight excluding hydrogens is 530 g/mol. The molecule has 1 aliphatic rings. The number of aromatic nitrogens is 6. The normalized spacial score (nSPS) is 14.1. The summed E-state index contributed by atoms with van der Waals surface area (Å²) in [6.07, 6.45) is 4.78. The lowest BCUT2D eigenvalue weighted by Gasteiger charge is -2.33. The second-order valence-electron chi connectivity index (χ2n) is 9.92. The van der Waals surface area contributed by atoms with Gasteiger partial charge in [-0.25, -0.2) is 14.6 Å². The summed E-state index contributed by atoms with van der Waals surface area (Å²) < 4.78 is 3.08. The maximum Gasteiger partial charge on any atom is 0.284 e. The van der Waals surface area contributed by atoms with Crippen molar-refractivity contribution in [2.75, 3.05) is 23.7 Å². The Bertz CT molecular complexity index is 1800. The lowest BCUT2D eigenvalue weighted by atomic mass is 10.0. The number of carbonyl (C=O) groups excluding carboxylic acids is 1. The summed E-state index contributed by atoms with van der Waals surface area (Å²) in [4.78, 5) is 37.9. The van der Waals surface area contributed by atoms with Crippen LogP contribution in [0.4, 0.5) is 11.6 Å². The molecule has 0 radical (unpaired) electrons. The van der Waals surface area contributed by atoms with Gasteiger partial charge in [0.2, 0.25) is 0 Å². The van der Waals surface area contributed by atoms with Crippen molar-refractivity contribution < 1.29 is 4.79 Å². The number of para-hydroxylation sites is 1. The second-order valence-corrected chi connectivity index (χ2v) is 10.3. The number of rotatable bonds is 5. The highest BCUT2D eigenvalue weighted by atomic mass is 35.5. The van der Waals surface area contributed by atoms with Crippen LogP contribution in [0.15, 0.2) is 59.7 Å². The zero-order chi connectivity index (χ0) is 28.0. The van der Waals surface area contributed by atoms with Crippen LogP contribution >= 0.6 is 11.6 Å². The maximum absolute atomic E-state index is 13.3. The molecule has 4 N–H and O–H groups in total. The van der Waals surface area contributed by atoms with Gasteiger partial charge in [0.15, 0.2) is 11.6 Å². The van der Waals surface area contributed by atoms with E-state index in [-0.39, 0.29) is 11.6 Å². The molecule has 1 aliphatic heterocycles. The summed E-state index contributed by atoms with van der Waals surface area (Å²) in [5, 5.41) is 11.5. The largest absolute Gasteiger partial charge is 0.381 e. The number of nitrogens with two attached hydrogens (primary N) is 1. The van der Waals surface area contributed by atoms with E-state index in [2.05, 4.69) is 25.4 Å². The number of nitrogens with zero attached hydrogens (tertiary/aromatic N) is 6. The fourth-order valence-electron chi connectivity index (χ4n) is 5.22. The van der Waals surface area contributed by atoms with E-state index in [9.17, 15) is 9.59 Å². The number of carbonyl (C=O) groups is 1. The number of fused-ring (bicyclic) bond motifs is 1. The SMILES string of the molecule is Cc1c(C(=O)NC2CCN(c3nc(-c4ccc5[nH]ncc5c4)cnc3N)CC2)c(=O)n(-c2ccccc2Cl)n1C. The molecule has 1 amide bonds. The van der Waals surface area contributed by atoms with Crippen LogP contribution in [0.5, 0.6) is 0 Å². The number of anilines is 2. The van der Waals surface area contributed by atoms with Crippen molar-refractivity contribution in [2.24, 2.45) is 7.05 Å². The molecule has 40 heavy (non-hydrogen) atoms. The van der Waals surface area contributed by atoms with Crippen molar-refractivity contribution in [3.8, 4) is 16.9 Å². The van der Waals surface area contributed by atoms with Crippen LogP contribution in [0.2, 0.25) is 5.02 Å². The highest BCUT2D eigenvalue weighted by Crippen LogP contribution is 2.28. The van der Waals surface area contributed by atoms with Crippen molar-refractivity contribution in [1.82, 2.24) is 34.8 Å². The summed E-state index contributed by atoms with van der Waals surface area (Å²) in [6.45, 7) is 3.02. The lowest BCUT2D eigenvalue weighted by molar-refractivity contribution is 0.0929. The third kappa shape index (κ3) is 4.47. The number of hydrogen-bond donors (Lipinski definition) is 3. The Balaban J connectivity index is 1.17. The Kier molecular flexibility index (Phi) is 6.51. The zero-order valence-corrected chi connectivity index (χ0v) is 22.8. The first-order chi connectivity index (χ1) is 19.3. The molecule has 3 aromatic heterocycles. The van der Waals surface area contributed by atoms with Crippen LogP contribution in [0.1, 0.15) is 28.9 Å². The maximum atomic E-state index is 13.3. The van der Waals surface area contributed by atoms with E-state index in [0.717, 1.165) is 22.2 Å².